The molecular formula is C22H27FN6O. The number of carbonyl (C=O) groups excluding carboxylic acids is 1. The van der Waals surface area contributed by atoms with E-state index in [1.165, 1.54) is 25.3 Å². The minimum Gasteiger partial charge on any atom is -0.298 e. The van der Waals surface area contributed by atoms with E-state index in [-0.39, 0.29) is 17.7 Å². The lowest BCUT2D eigenvalue weighted by Gasteiger charge is -2.26. The molecule has 1 N–H and O–H groups in total. The highest BCUT2D eigenvalue weighted by Gasteiger charge is 2.19. The Hall–Kier alpha value is -2.87. The minimum absolute atomic E-state index is 0.179. The van der Waals surface area contributed by atoms with Crippen molar-refractivity contribution >= 4 is 22.8 Å². The molecule has 1 aromatic carbocycles. The van der Waals surface area contributed by atoms with Gasteiger partial charge in [-0.1, -0.05) is 13.3 Å². The third-order valence-electron chi connectivity index (χ3n) is 5.70. The maximum Gasteiger partial charge on any atom is 0.230 e. The molecule has 0 saturated carbocycles. The minimum atomic E-state index is -0.374. The molecule has 1 fully saturated rings. The lowest BCUT2D eigenvalue weighted by atomic mass is 10.0. The van der Waals surface area contributed by atoms with E-state index >= 15 is 4.39 Å². The Morgan fingerprint density at radius 2 is 1.97 bits per heavy atom. The molecule has 8 heteroatoms. The van der Waals surface area contributed by atoms with Gasteiger partial charge >= 0.3 is 0 Å². The van der Waals surface area contributed by atoms with Gasteiger partial charge in [-0.3, -0.25) is 19.7 Å². The summed E-state index contributed by atoms with van der Waals surface area (Å²) in [6.45, 7) is 6.41. The molecule has 3 heterocycles. The van der Waals surface area contributed by atoms with E-state index in [0.29, 0.717) is 23.0 Å². The second kappa shape index (κ2) is 8.47. The number of hydrogen-bond donors (Lipinski definition) is 1. The molecule has 0 radical (unpaired) electrons. The van der Waals surface area contributed by atoms with Gasteiger partial charge in [-0.15, -0.1) is 0 Å². The Labute approximate surface area is 175 Å². The monoisotopic (exact) mass is 410 g/mol. The van der Waals surface area contributed by atoms with Crippen molar-refractivity contribution in [2.75, 3.05) is 18.4 Å². The van der Waals surface area contributed by atoms with Crippen LogP contribution in [0.5, 0.6) is 0 Å². The van der Waals surface area contributed by atoms with Gasteiger partial charge in [0.15, 0.2) is 0 Å². The van der Waals surface area contributed by atoms with E-state index in [0.717, 1.165) is 36.5 Å². The molecule has 7 nitrogen and oxygen atoms in total. The van der Waals surface area contributed by atoms with E-state index in [2.05, 4.69) is 25.3 Å². The van der Waals surface area contributed by atoms with Gasteiger partial charge in [0.1, 0.15) is 5.82 Å². The number of anilines is 1. The van der Waals surface area contributed by atoms with Crippen molar-refractivity contribution in [3.63, 3.8) is 0 Å². The predicted molar refractivity (Wildman–Crippen MR) is 114 cm³/mol. The van der Waals surface area contributed by atoms with Gasteiger partial charge in [0.25, 0.3) is 0 Å². The van der Waals surface area contributed by atoms with Crippen LogP contribution in [0.2, 0.25) is 0 Å². The number of aryl methyl sites for hydroxylation is 2. The number of nitrogens with zero attached hydrogens (tertiary/aromatic N) is 5. The van der Waals surface area contributed by atoms with Gasteiger partial charge in [0.2, 0.25) is 11.9 Å². The zero-order chi connectivity index (χ0) is 21.3. The lowest BCUT2D eigenvalue weighted by molar-refractivity contribution is -0.115. The second-order valence-electron chi connectivity index (χ2n) is 7.85. The van der Waals surface area contributed by atoms with E-state index < -0.39 is 0 Å². The first kappa shape index (κ1) is 20.4. The number of carbonyl (C=O) groups is 1. The van der Waals surface area contributed by atoms with Crippen LogP contribution in [0.1, 0.15) is 44.0 Å². The summed E-state index contributed by atoms with van der Waals surface area (Å²) >= 11 is 0. The molecule has 158 valence electrons. The third kappa shape index (κ3) is 4.05. The molecule has 3 aromatic rings. The quantitative estimate of drug-likeness (QED) is 0.692. The van der Waals surface area contributed by atoms with Gasteiger partial charge in [-0.25, -0.2) is 14.4 Å². The Morgan fingerprint density at radius 3 is 2.70 bits per heavy atom. The van der Waals surface area contributed by atoms with Gasteiger partial charge in [-0.2, -0.15) is 5.10 Å². The Morgan fingerprint density at radius 1 is 1.20 bits per heavy atom. The van der Waals surface area contributed by atoms with Crippen molar-refractivity contribution in [2.24, 2.45) is 7.05 Å². The van der Waals surface area contributed by atoms with Gasteiger partial charge in [-0.05, 0) is 50.6 Å². The van der Waals surface area contributed by atoms with Crippen LogP contribution in [0, 0.1) is 12.7 Å². The summed E-state index contributed by atoms with van der Waals surface area (Å²) in [7, 11) is 1.92. The highest BCUT2D eigenvalue weighted by molar-refractivity contribution is 5.92. The fourth-order valence-corrected chi connectivity index (χ4v) is 4.04. The maximum atomic E-state index is 15.0. The Balaban J connectivity index is 1.75. The third-order valence-corrected chi connectivity index (χ3v) is 5.70. The number of benzene rings is 1. The fourth-order valence-electron chi connectivity index (χ4n) is 4.04. The van der Waals surface area contributed by atoms with Crippen molar-refractivity contribution in [1.29, 1.82) is 0 Å². The summed E-state index contributed by atoms with van der Waals surface area (Å²) in [6, 6.07) is 3.38. The molecule has 0 atom stereocenters. The summed E-state index contributed by atoms with van der Waals surface area (Å²) in [6.07, 6.45) is 5.80. The van der Waals surface area contributed by atoms with E-state index in [9.17, 15) is 4.79 Å². The van der Waals surface area contributed by atoms with Crippen LogP contribution in [-0.2, 0) is 18.4 Å². The van der Waals surface area contributed by atoms with Gasteiger partial charge in [0.05, 0.1) is 28.5 Å². The first-order valence-electron chi connectivity index (χ1n) is 10.5. The second-order valence-corrected chi connectivity index (χ2v) is 7.85. The summed E-state index contributed by atoms with van der Waals surface area (Å²) in [5, 5.41) is 7.47. The van der Waals surface area contributed by atoms with E-state index in [1.807, 2.05) is 17.8 Å². The average molecular weight is 410 g/mol. The predicted octanol–water partition coefficient (Wildman–Crippen LogP) is 3.81. The number of hydrogen-bond acceptors (Lipinski definition) is 5. The number of piperidine rings is 1. The number of nitrogens with one attached hydrogen (secondary N) is 1. The van der Waals surface area contributed by atoms with Crippen LogP contribution in [0.3, 0.4) is 0 Å². The highest BCUT2D eigenvalue weighted by atomic mass is 19.1. The van der Waals surface area contributed by atoms with Crippen LogP contribution in [0.25, 0.3) is 22.0 Å². The zero-order valence-electron chi connectivity index (χ0n) is 17.7. The lowest BCUT2D eigenvalue weighted by Crippen LogP contribution is -2.30. The molecule has 0 unspecified atom stereocenters. The van der Waals surface area contributed by atoms with Crippen LogP contribution < -0.4 is 5.32 Å². The number of likely N-dealkylation sites (tertiary alicyclic amines) is 1. The number of amides is 1. The molecule has 4 rings (SSSR count). The fraction of sp³-hybridized carbons (Fsp3) is 0.455. The number of rotatable bonds is 5. The first-order chi connectivity index (χ1) is 14.5. The molecule has 30 heavy (non-hydrogen) atoms. The van der Waals surface area contributed by atoms with E-state index in [1.54, 1.807) is 20.0 Å². The zero-order valence-corrected chi connectivity index (χ0v) is 17.7. The molecule has 1 aliphatic heterocycles. The van der Waals surface area contributed by atoms with Crippen LogP contribution in [0.15, 0.2) is 18.3 Å². The summed E-state index contributed by atoms with van der Waals surface area (Å²) < 4.78 is 16.9. The largest absolute Gasteiger partial charge is 0.298 e. The normalized spacial score (nSPS) is 14.9. The summed E-state index contributed by atoms with van der Waals surface area (Å²) in [4.78, 5) is 22.8. The molecule has 1 aliphatic rings. The summed E-state index contributed by atoms with van der Waals surface area (Å²) in [5.41, 5.74) is 3.65. The maximum absolute atomic E-state index is 15.0. The smallest absolute Gasteiger partial charge is 0.230 e. The van der Waals surface area contributed by atoms with Gasteiger partial charge in [0, 0.05) is 25.6 Å². The highest BCUT2D eigenvalue weighted by Crippen LogP contribution is 2.31. The molecular weight excluding hydrogens is 383 g/mol. The topological polar surface area (TPSA) is 75.9 Å². The molecule has 2 aromatic heterocycles. The number of halogens is 1. The van der Waals surface area contributed by atoms with E-state index in [4.69, 9.17) is 0 Å². The van der Waals surface area contributed by atoms with Crippen LogP contribution >= 0.6 is 0 Å². The molecule has 0 bridgehead atoms. The van der Waals surface area contributed by atoms with Crippen molar-refractivity contribution in [3.05, 3.63) is 35.5 Å². The average Bonchev–Trinajstić information content (AvgIpc) is 3.08. The number of aromatic nitrogens is 4. The molecule has 0 spiro atoms. The Kier molecular flexibility index (Phi) is 5.76. The molecule has 0 aliphatic carbocycles. The number of fused-ring (bicyclic) bond motifs is 1. The molecule has 1 saturated heterocycles. The van der Waals surface area contributed by atoms with Crippen molar-refractivity contribution < 1.29 is 9.18 Å². The summed E-state index contributed by atoms with van der Waals surface area (Å²) in [5.74, 6) is -0.356. The SMILES string of the molecule is CCC(=O)Nc1nc(C)c2c(F)cc(-c3cnn(C)c3CN3CCCCC3)cc2n1. The van der Waals surface area contributed by atoms with Crippen LogP contribution in [0.4, 0.5) is 10.3 Å². The van der Waals surface area contributed by atoms with Crippen molar-refractivity contribution in [1.82, 2.24) is 24.6 Å². The Bertz CT molecular complexity index is 1090. The standard InChI is InChI=1S/C22H27FN6O/c1-4-20(30)27-22-25-14(2)21-17(23)10-15(11-18(21)26-22)16-12-24-28(3)19(16)13-29-8-6-5-7-9-29/h10-12H,4-9,13H2,1-3H3,(H,25,26,27,30). The van der Waals surface area contributed by atoms with Crippen molar-refractivity contribution in [2.45, 2.75) is 46.1 Å². The van der Waals surface area contributed by atoms with Gasteiger partial charge < -0.3 is 0 Å². The van der Waals surface area contributed by atoms with Crippen molar-refractivity contribution in [3.8, 4) is 11.1 Å². The first-order valence-corrected chi connectivity index (χ1v) is 10.5. The molecule has 1 amide bonds. The van der Waals surface area contributed by atoms with Crippen LogP contribution in [-0.4, -0.2) is 43.6 Å².